The largest absolute Gasteiger partial charge is 0.444 e. The van der Waals surface area contributed by atoms with Crippen molar-refractivity contribution in [1.29, 1.82) is 0 Å². The summed E-state index contributed by atoms with van der Waals surface area (Å²) in [6.45, 7) is 13.0. The molecule has 1 aromatic heterocycles. The summed E-state index contributed by atoms with van der Waals surface area (Å²) in [4.78, 5) is 18.4. The molecule has 0 aliphatic rings. The standard InChI is InChI=1S/C20H37N5O3/c1-9-15-12-16(28-24-15)13-22-18(21-7)25(8)11-10-17(14(2)3)23-19(26)27-20(4,5)6/h12,14,17H,9-11,13H2,1-8H3,(H,21,22)(H,23,26). The average molecular weight is 396 g/mol. The molecular formula is C20H37N5O3. The van der Waals surface area contributed by atoms with Crippen LogP contribution in [0.15, 0.2) is 15.6 Å². The number of rotatable bonds is 8. The minimum atomic E-state index is -0.507. The van der Waals surface area contributed by atoms with Crippen LogP contribution in [0.25, 0.3) is 0 Å². The number of aliphatic imine (C=N–C) groups is 1. The summed E-state index contributed by atoms with van der Waals surface area (Å²) in [5.41, 5.74) is 0.431. The van der Waals surface area contributed by atoms with Crippen LogP contribution in [0.5, 0.6) is 0 Å². The van der Waals surface area contributed by atoms with Crippen molar-refractivity contribution in [3.63, 3.8) is 0 Å². The van der Waals surface area contributed by atoms with Gasteiger partial charge in [0.25, 0.3) is 0 Å². The van der Waals surface area contributed by atoms with Gasteiger partial charge < -0.3 is 24.8 Å². The van der Waals surface area contributed by atoms with E-state index in [1.807, 2.05) is 45.7 Å². The number of carbonyl (C=O) groups is 1. The van der Waals surface area contributed by atoms with Gasteiger partial charge in [-0.1, -0.05) is 25.9 Å². The Morgan fingerprint density at radius 1 is 1.39 bits per heavy atom. The molecule has 2 N–H and O–H groups in total. The predicted octanol–water partition coefficient (Wildman–Crippen LogP) is 3.18. The molecule has 0 saturated carbocycles. The number of nitrogens with zero attached hydrogens (tertiary/aromatic N) is 3. The van der Waals surface area contributed by atoms with E-state index in [0.717, 1.165) is 36.8 Å². The van der Waals surface area contributed by atoms with Gasteiger partial charge in [-0.05, 0) is 39.5 Å². The average Bonchev–Trinajstić information content (AvgIpc) is 3.05. The zero-order valence-corrected chi connectivity index (χ0v) is 18.6. The van der Waals surface area contributed by atoms with Crippen LogP contribution < -0.4 is 10.6 Å². The van der Waals surface area contributed by atoms with Gasteiger partial charge >= 0.3 is 6.09 Å². The molecule has 160 valence electrons. The number of alkyl carbamates (subject to hydrolysis) is 1. The van der Waals surface area contributed by atoms with E-state index < -0.39 is 5.60 Å². The number of aromatic nitrogens is 1. The molecule has 28 heavy (non-hydrogen) atoms. The second-order valence-corrected chi connectivity index (χ2v) is 8.25. The predicted molar refractivity (Wildman–Crippen MR) is 111 cm³/mol. The van der Waals surface area contributed by atoms with Gasteiger partial charge in [-0.25, -0.2) is 4.79 Å². The van der Waals surface area contributed by atoms with Crippen molar-refractivity contribution >= 4 is 12.1 Å². The Morgan fingerprint density at radius 3 is 2.57 bits per heavy atom. The van der Waals surface area contributed by atoms with Crippen molar-refractivity contribution in [2.75, 3.05) is 20.6 Å². The van der Waals surface area contributed by atoms with Gasteiger partial charge in [-0.2, -0.15) is 0 Å². The molecule has 0 spiro atoms. The van der Waals surface area contributed by atoms with E-state index in [1.54, 1.807) is 7.05 Å². The van der Waals surface area contributed by atoms with Crippen molar-refractivity contribution in [1.82, 2.24) is 20.7 Å². The number of nitrogens with one attached hydrogen (secondary N) is 2. The van der Waals surface area contributed by atoms with Gasteiger partial charge in [0.2, 0.25) is 0 Å². The van der Waals surface area contributed by atoms with E-state index in [1.165, 1.54) is 0 Å². The lowest BCUT2D eigenvalue weighted by atomic mass is 10.0. The lowest BCUT2D eigenvalue weighted by Crippen LogP contribution is -2.45. The van der Waals surface area contributed by atoms with E-state index in [0.29, 0.717) is 6.54 Å². The topological polar surface area (TPSA) is 92.0 Å². The second kappa shape index (κ2) is 10.9. The Balaban J connectivity index is 2.54. The Hall–Kier alpha value is -2.25. The molecular weight excluding hydrogens is 358 g/mol. The van der Waals surface area contributed by atoms with Crippen LogP contribution in [0.1, 0.15) is 59.4 Å². The molecule has 0 saturated heterocycles. The fourth-order valence-electron chi connectivity index (χ4n) is 2.63. The Bertz CT molecular complexity index is 634. The molecule has 1 aromatic rings. The van der Waals surface area contributed by atoms with Crippen LogP contribution in [0.2, 0.25) is 0 Å². The lowest BCUT2D eigenvalue weighted by molar-refractivity contribution is 0.0486. The van der Waals surface area contributed by atoms with Crippen LogP contribution in [-0.4, -0.2) is 54.4 Å². The van der Waals surface area contributed by atoms with Crippen molar-refractivity contribution in [2.24, 2.45) is 10.9 Å². The molecule has 1 heterocycles. The van der Waals surface area contributed by atoms with Crippen LogP contribution >= 0.6 is 0 Å². The number of hydrogen-bond donors (Lipinski definition) is 2. The zero-order valence-electron chi connectivity index (χ0n) is 18.6. The first-order valence-electron chi connectivity index (χ1n) is 9.91. The number of aryl methyl sites for hydroxylation is 1. The Labute approximate surface area is 169 Å². The first-order chi connectivity index (χ1) is 13.1. The maximum Gasteiger partial charge on any atom is 0.407 e. The number of amides is 1. The smallest absolute Gasteiger partial charge is 0.407 e. The summed E-state index contributed by atoms with van der Waals surface area (Å²) >= 11 is 0. The molecule has 1 amide bonds. The molecule has 0 aliphatic carbocycles. The SMILES string of the molecule is CCc1cc(CNC(=NC)N(C)CCC(NC(=O)OC(C)(C)C)C(C)C)on1. The summed E-state index contributed by atoms with van der Waals surface area (Å²) in [7, 11) is 3.72. The van der Waals surface area contributed by atoms with Crippen LogP contribution in [-0.2, 0) is 17.7 Å². The molecule has 0 aliphatic heterocycles. The van der Waals surface area contributed by atoms with Crippen LogP contribution in [0.4, 0.5) is 4.79 Å². The van der Waals surface area contributed by atoms with Gasteiger partial charge in [0.15, 0.2) is 11.7 Å². The summed E-state index contributed by atoms with van der Waals surface area (Å²) in [6.07, 6.45) is 1.24. The monoisotopic (exact) mass is 395 g/mol. The molecule has 1 rings (SSSR count). The highest BCUT2D eigenvalue weighted by Crippen LogP contribution is 2.11. The van der Waals surface area contributed by atoms with Gasteiger partial charge in [0.1, 0.15) is 5.60 Å². The molecule has 8 heteroatoms. The summed E-state index contributed by atoms with van der Waals surface area (Å²) in [6, 6.07) is 1.96. The molecule has 8 nitrogen and oxygen atoms in total. The lowest BCUT2D eigenvalue weighted by Gasteiger charge is -2.28. The third kappa shape index (κ3) is 8.63. The van der Waals surface area contributed by atoms with Gasteiger partial charge in [-0.3, -0.25) is 4.99 Å². The zero-order chi connectivity index (χ0) is 21.3. The first kappa shape index (κ1) is 23.8. The van der Waals surface area contributed by atoms with E-state index >= 15 is 0 Å². The highest BCUT2D eigenvalue weighted by atomic mass is 16.6. The molecule has 0 fully saturated rings. The molecule has 1 atom stereocenters. The van der Waals surface area contributed by atoms with E-state index in [-0.39, 0.29) is 18.1 Å². The molecule has 0 radical (unpaired) electrons. The summed E-state index contributed by atoms with van der Waals surface area (Å²) in [5, 5.41) is 10.3. The highest BCUT2D eigenvalue weighted by Gasteiger charge is 2.22. The molecule has 0 aromatic carbocycles. The minimum Gasteiger partial charge on any atom is -0.444 e. The molecule has 1 unspecified atom stereocenters. The van der Waals surface area contributed by atoms with Gasteiger partial charge in [-0.15, -0.1) is 0 Å². The van der Waals surface area contributed by atoms with Crippen molar-refractivity contribution in [2.45, 2.75) is 72.6 Å². The Morgan fingerprint density at radius 2 is 2.07 bits per heavy atom. The maximum atomic E-state index is 12.1. The van der Waals surface area contributed by atoms with E-state index in [4.69, 9.17) is 9.26 Å². The van der Waals surface area contributed by atoms with Crippen molar-refractivity contribution in [3.05, 3.63) is 17.5 Å². The second-order valence-electron chi connectivity index (χ2n) is 8.25. The van der Waals surface area contributed by atoms with E-state index in [2.05, 4.69) is 34.6 Å². The van der Waals surface area contributed by atoms with Gasteiger partial charge in [0.05, 0.1) is 12.2 Å². The third-order valence-corrected chi connectivity index (χ3v) is 4.25. The fraction of sp³-hybridized carbons (Fsp3) is 0.750. The maximum absolute atomic E-state index is 12.1. The van der Waals surface area contributed by atoms with Crippen molar-refractivity contribution in [3.8, 4) is 0 Å². The number of ether oxygens (including phenoxy) is 1. The third-order valence-electron chi connectivity index (χ3n) is 4.25. The quantitative estimate of drug-likeness (QED) is 0.519. The van der Waals surface area contributed by atoms with E-state index in [9.17, 15) is 4.79 Å². The van der Waals surface area contributed by atoms with Crippen LogP contribution in [0.3, 0.4) is 0 Å². The fourth-order valence-corrected chi connectivity index (χ4v) is 2.63. The Kier molecular flexibility index (Phi) is 9.28. The summed E-state index contributed by atoms with van der Waals surface area (Å²) < 4.78 is 10.7. The van der Waals surface area contributed by atoms with Crippen LogP contribution in [0, 0.1) is 5.92 Å². The molecule has 0 bridgehead atoms. The first-order valence-corrected chi connectivity index (χ1v) is 9.91. The summed E-state index contributed by atoms with van der Waals surface area (Å²) in [5.74, 6) is 1.82. The normalized spacial score (nSPS) is 13.4. The van der Waals surface area contributed by atoms with Crippen molar-refractivity contribution < 1.29 is 14.1 Å². The number of carbonyl (C=O) groups excluding carboxylic acids is 1. The number of hydrogen-bond acceptors (Lipinski definition) is 5. The highest BCUT2D eigenvalue weighted by molar-refractivity contribution is 5.79. The number of guanidine groups is 1. The minimum absolute atomic E-state index is 0.0109. The van der Waals surface area contributed by atoms with Gasteiger partial charge in [0, 0.05) is 32.7 Å².